The van der Waals surface area contributed by atoms with Crippen LogP contribution in [-0.4, -0.2) is 32.6 Å². The van der Waals surface area contributed by atoms with Crippen molar-refractivity contribution in [1.29, 1.82) is 0 Å². The number of aromatic nitrogens is 2. The smallest absolute Gasteiger partial charge is 0 e. The van der Waals surface area contributed by atoms with E-state index in [0.29, 0.717) is 74.8 Å². The summed E-state index contributed by atoms with van der Waals surface area (Å²) in [6.07, 6.45) is 2.34. The molecule has 0 radical (unpaired) electrons. The van der Waals surface area contributed by atoms with Crippen LogP contribution in [0.15, 0.2) is 146 Å². The number of halogens is 6. The number of aryl methyl sites for hydroxylation is 2. The second kappa shape index (κ2) is 27.4. The Morgan fingerprint density at radius 2 is 0.718 bits per heavy atom. The van der Waals surface area contributed by atoms with Gasteiger partial charge in [0.05, 0.1) is 46.7 Å². The van der Waals surface area contributed by atoms with Crippen LogP contribution in [0.5, 0.6) is 23.0 Å². The molecule has 0 saturated heterocycles. The van der Waals surface area contributed by atoms with Gasteiger partial charge in [-0.05, 0) is 143 Å². The van der Waals surface area contributed by atoms with Gasteiger partial charge in [-0.3, -0.25) is 0 Å². The molecule has 6 nitrogen and oxygen atoms in total. The Kier molecular flexibility index (Phi) is 22.6. The fraction of sp³-hybridized carbons (Fsp3) is 0.296. The fourth-order valence-corrected chi connectivity index (χ4v) is 13.2. The Labute approximate surface area is 552 Å². The van der Waals surface area contributed by atoms with Crippen molar-refractivity contribution in [2.75, 3.05) is 13.2 Å². The van der Waals surface area contributed by atoms with Crippen molar-refractivity contribution < 1.29 is 60.8 Å². The predicted molar refractivity (Wildman–Crippen MR) is 361 cm³/mol. The molecule has 0 aliphatic carbocycles. The number of para-hydroxylation sites is 4. The molecule has 0 amide bonds. The molecular formula is C71H78Cl6Hf2N2O4-2. The third-order valence-corrected chi connectivity index (χ3v) is 15.6. The third kappa shape index (κ3) is 15.7. The van der Waals surface area contributed by atoms with E-state index in [2.05, 4.69) is 200 Å². The molecule has 448 valence electrons. The first-order valence-electron chi connectivity index (χ1n) is 27.8. The summed E-state index contributed by atoms with van der Waals surface area (Å²) < 4.78 is 18.0. The molecule has 2 aromatic heterocycles. The number of rotatable bonds is 14. The zero-order chi connectivity index (χ0) is 59.4. The Bertz CT molecular complexity index is 3670. The summed E-state index contributed by atoms with van der Waals surface area (Å²) in [7, 11) is 20.2. The zero-order valence-corrected chi connectivity index (χ0v) is 63.0. The minimum atomic E-state index is -3.39. The van der Waals surface area contributed by atoms with Gasteiger partial charge in [0, 0.05) is 86.1 Å². The first-order valence-corrected chi connectivity index (χ1v) is 46.3. The SMILES string of the molecule is Cc1cc(Cl)cc(-c2cc(C(C)(C)CC(C)(C)C)cc(-n3c4ccccc4c4ccccc43)c2O)c1OCCCOc1c(C)cc(Cl)cc1-c1cc(C(C)(C)CC(C)(C)C)cc(-n2c3ccccc3c3ccccc32)c1O.[CH3-].[CH3-].[Cl][Hf]([Cl])([Cl])[Cl].[Hf]. The summed E-state index contributed by atoms with van der Waals surface area (Å²) >= 11 is 10.5. The number of fused-ring (bicyclic) bond motifs is 6. The standard InChI is InChI=1S/C69H72Cl2N2O4.2CH3.4ClH.2Hf/c1-42-32-46(70)38-54(52-34-44(68(9,10)40-66(3,4)5)36-60(62(52)74)72-56-26-17-13-22-48(56)49-23-14-18-27-57(49)72)64(42)76-30-21-31-77-65-43(2)33-47(71)39-55(65)53-35-45(69(11,12)41-67(6,7)8)37-61(63(53)75)73-58-28-19-15-24-50(58)51-25-16-20-29-59(51)73;;;;;;;;/h13-20,22-29,32-39,74-75H,21,30-31,40-41H2,1-12H3;2*1H3;4*1H;;/q;2*-1;;;;;;+4/p-4. The van der Waals surface area contributed by atoms with Gasteiger partial charge in [-0.1, -0.05) is 165 Å². The van der Waals surface area contributed by atoms with Gasteiger partial charge in [-0.25, -0.2) is 0 Å². The fourth-order valence-electron chi connectivity index (χ4n) is 12.6. The van der Waals surface area contributed by atoms with E-state index in [9.17, 15) is 10.2 Å². The van der Waals surface area contributed by atoms with Gasteiger partial charge in [0.1, 0.15) is 23.0 Å². The number of phenolic OH excluding ortho intramolecular Hbond substituents is 2. The van der Waals surface area contributed by atoms with Crippen molar-refractivity contribution in [1.82, 2.24) is 9.13 Å². The van der Waals surface area contributed by atoms with Crippen LogP contribution in [0.25, 0.3) is 77.2 Å². The summed E-state index contributed by atoms with van der Waals surface area (Å²) in [5.41, 5.74) is 11.6. The average molecular weight is 1590 g/mol. The second-order valence-corrected chi connectivity index (χ2v) is 57.5. The predicted octanol–water partition coefficient (Wildman–Crippen LogP) is 23.5. The molecule has 0 aliphatic heterocycles. The molecule has 10 rings (SSSR count). The van der Waals surface area contributed by atoms with Crippen LogP contribution >= 0.6 is 57.5 Å². The van der Waals surface area contributed by atoms with Crippen molar-refractivity contribution in [3.8, 4) is 56.6 Å². The van der Waals surface area contributed by atoms with Gasteiger partial charge in [0.15, 0.2) is 0 Å². The first-order chi connectivity index (χ1) is 38.4. The second-order valence-electron chi connectivity index (χ2n) is 25.4. The maximum Gasteiger partial charge on any atom is 0 e. The molecule has 14 heteroatoms. The summed E-state index contributed by atoms with van der Waals surface area (Å²) in [5.74, 6) is 1.57. The molecular weight excluding hydrogens is 1510 g/mol. The summed E-state index contributed by atoms with van der Waals surface area (Å²) in [6.45, 7) is 27.4. The minimum absolute atomic E-state index is 0. The zero-order valence-electron chi connectivity index (χ0n) is 51.3. The molecule has 10 aromatic rings. The molecule has 0 unspecified atom stereocenters. The summed E-state index contributed by atoms with van der Waals surface area (Å²) in [4.78, 5) is 0. The van der Waals surface area contributed by atoms with Gasteiger partial charge in [0.2, 0.25) is 0 Å². The largest absolute Gasteiger partial charge is 0 e. The first kappa shape index (κ1) is 70.1. The van der Waals surface area contributed by atoms with Crippen LogP contribution in [0, 0.1) is 39.5 Å². The third-order valence-electron chi connectivity index (χ3n) is 15.2. The molecule has 2 heterocycles. The Balaban J connectivity index is 0.00000139. The molecule has 0 atom stereocenters. The maximum atomic E-state index is 12.8. The molecule has 0 spiro atoms. The van der Waals surface area contributed by atoms with Crippen molar-refractivity contribution in [2.24, 2.45) is 10.8 Å². The number of hydrogen-bond donors (Lipinski definition) is 2. The van der Waals surface area contributed by atoms with E-state index >= 15 is 0 Å². The van der Waals surface area contributed by atoms with Gasteiger partial charge in [-0.2, -0.15) is 0 Å². The van der Waals surface area contributed by atoms with E-state index in [1.807, 2.05) is 38.1 Å². The van der Waals surface area contributed by atoms with Crippen LogP contribution in [0.2, 0.25) is 10.0 Å². The van der Waals surface area contributed by atoms with Crippen LogP contribution in [0.3, 0.4) is 0 Å². The van der Waals surface area contributed by atoms with Gasteiger partial charge in [0.25, 0.3) is 0 Å². The van der Waals surface area contributed by atoms with E-state index < -0.39 is 15.2 Å². The van der Waals surface area contributed by atoms with E-state index in [4.69, 9.17) is 67.0 Å². The Morgan fingerprint density at radius 3 is 1.00 bits per heavy atom. The number of phenols is 2. The summed E-state index contributed by atoms with van der Waals surface area (Å²) in [5, 5.41) is 31.1. The number of hydrogen-bond acceptors (Lipinski definition) is 4. The number of ether oxygens (including phenoxy) is 2. The average Bonchev–Trinajstić information content (AvgIpc) is 1.74. The molecule has 0 aliphatic rings. The van der Waals surface area contributed by atoms with Crippen LogP contribution in [-0.2, 0) is 51.9 Å². The van der Waals surface area contributed by atoms with E-state index in [1.165, 1.54) is 0 Å². The van der Waals surface area contributed by atoms with Gasteiger partial charge >= 0.3 is 49.5 Å². The van der Waals surface area contributed by atoms with Crippen molar-refractivity contribution >= 4 is 101 Å². The molecule has 85 heavy (non-hydrogen) atoms. The van der Waals surface area contributed by atoms with Crippen LogP contribution in [0.4, 0.5) is 0 Å². The quantitative estimate of drug-likeness (QED) is 0.0647. The number of benzene rings is 8. The molecule has 8 aromatic carbocycles. The van der Waals surface area contributed by atoms with Crippen molar-refractivity contribution in [3.63, 3.8) is 0 Å². The number of nitrogens with zero attached hydrogens (tertiary/aromatic N) is 2. The molecule has 0 bridgehead atoms. The van der Waals surface area contributed by atoms with Crippen molar-refractivity contribution in [3.05, 3.63) is 193 Å². The maximum absolute atomic E-state index is 12.8. The Hall–Kier alpha value is -3.96. The topological polar surface area (TPSA) is 68.8 Å². The van der Waals surface area contributed by atoms with Gasteiger partial charge < -0.3 is 43.7 Å². The van der Waals surface area contributed by atoms with Crippen molar-refractivity contribution in [2.45, 2.75) is 113 Å². The van der Waals surface area contributed by atoms with E-state index in [1.54, 1.807) is 0 Å². The monoisotopic (exact) mass is 1590 g/mol. The molecule has 0 saturated carbocycles. The van der Waals surface area contributed by atoms with Crippen LogP contribution in [0.1, 0.15) is 111 Å². The van der Waals surface area contributed by atoms with E-state index in [0.717, 1.165) is 78.7 Å². The Morgan fingerprint density at radius 1 is 0.435 bits per heavy atom. The van der Waals surface area contributed by atoms with Gasteiger partial charge in [-0.15, -0.1) is 0 Å². The molecule has 0 fully saturated rings. The summed E-state index contributed by atoms with van der Waals surface area (Å²) in [6, 6.07) is 49.8. The van der Waals surface area contributed by atoms with E-state index in [-0.39, 0.29) is 73.9 Å². The normalized spacial score (nSPS) is 12.2. The van der Waals surface area contributed by atoms with Crippen LogP contribution < -0.4 is 9.47 Å². The number of aromatic hydroxyl groups is 2. The molecule has 2 N–H and O–H groups in total. The minimum Gasteiger partial charge on any atom is 0 e.